The molecule has 0 amide bonds. The van der Waals surface area contributed by atoms with Gasteiger partial charge in [-0.3, -0.25) is 4.79 Å². The van der Waals surface area contributed by atoms with Gasteiger partial charge in [-0.1, -0.05) is 96.8 Å². The van der Waals surface area contributed by atoms with Crippen LogP contribution in [-0.4, -0.2) is 33.9 Å². The minimum atomic E-state index is -2.00. The van der Waals surface area contributed by atoms with Gasteiger partial charge in [0.25, 0.3) is 0 Å². The van der Waals surface area contributed by atoms with E-state index in [4.69, 9.17) is 11.8 Å². The van der Waals surface area contributed by atoms with Crippen LogP contribution in [0.25, 0.3) is 0 Å². The molecule has 0 fully saturated rings. The number of rotatable bonds is 16. The summed E-state index contributed by atoms with van der Waals surface area (Å²) in [7, 11) is 0. The van der Waals surface area contributed by atoms with Crippen LogP contribution in [0.2, 0.25) is 0 Å². The monoisotopic (exact) mass is 412 g/mol. The quantitative estimate of drug-likeness (QED) is 0.305. The molecule has 0 saturated heterocycles. The molecule has 7 heteroatoms. The second kappa shape index (κ2) is 32.0. The van der Waals surface area contributed by atoms with Crippen LogP contribution in [0.4, 0.5) is 0 Å². The van der Waals surface area contributed by atoms with Crippen molar-refractivity contribution in [2.45, 2.75) is 110 Å². The van der Waals surface area contributed by atoms with Crippen molar-refractivity contribution in [3.05, 3.63) is 0 Å². The summed E-state index contributed by atoms with van der Waals surface area (Å²) >= 11 is -2.00. The maximum atomic E-state index is 10.3. The van der Waals surface area contributed by atoms with Gasteiger partial charge in [0.05, 0.1) is 0 Å². The molecule has 0 aromatic rings. The summed E-state index contributed by atoms with van der Waals surface area (Å²) in [6.45, 7) is 2.27. The maximum absolute atomic E-state index is 10.3. The average molecular weight is 412 g/mol. The van der Waals surface area contributed by atoms with E-state index in [0.717, 1.165) is 12.8 Å². The molecule has 0 aromatic heterocycles. The van der Waals surface area contributed by atoms with Crippen LogP contribution in [0.3, 0.4) is 0 Å². The molecule has 0 aliphatic carbocycles. The summed E-state index contributed by atoms with van der Waals surface area (Å²) in [6, 6.07) is 0. The molecule has 150 valence electrons. The van der Waals surface area contributed by atoms with E-state index in [2.05, 4.69) is 6.92 Å². The molecule has 25 heavy (non-hydrogen) atoms. The fourth-order valence-electron chi connectivity index (χ4n) is 2.65. The molecule has 0 aliphatic rings. The average Bonchev–Trinajstić information content (AvgIpc) is 2.51. The number of carbonyl (C=O) groups is 1. The summed E-state index contributed by atoms with van der Waals surface area (Å²) in [6.07, 6.45) is 20.2. The molecular weight excluding hydrogens is 371 g/mol. The van der Waals surface area contributed by atoms with E-state index in [9.17, 15) is 4.79 Å². The summed E-state index contributed by atoms with van der Waals surface area (Å²) in [5.74, 6) is -0.653. The van der Waals surface area contributed by atoms with E-state index >= 15 is 0 Å². The van der Waals surface area contributed by atoms with Crippen LogP contribution in [0.5, 0.6) is 0 Å². The number of hydrogen-bond acceptors (Lipinski definition) is 3. The van der Waals surface area contributed by atoms with Crippen molar-refractivity contribution in [2.75, 3.05) is 0 Å². The third kappa shape index (κ3) is 40.4. The topological polar surface area (TPSA) is 103 Å². The molecule has 3 N–H and O–H groups in total. The van der Waals surface area contributed by atoms with Crippen LogP contribution in [-0.2, 0) is 30.5 Å². The zero-order valence-electron chi connectivity index (χ0n) is 15.5. The van der Waals surface area contributed by atoms with Gasteiger partial charge in [0.2, 0.25) is 0 Å². The van der Waals surface area contributed by atoms with Crippen LogP contribution >= 0.6 is 0 Å². The molecule has 0 aliphatic heterocycles. The molecule has 0 atom stereocenters. The molecule has 0 spiro atoms. The van der Waals surface area contributed by atoms with Gasteiger partial charge in [-0.15, -0.1) is 0 Å². The van der Waals surface area contributed by atoms with Gasteiger partial charge in [-0.25, -0.2) is 0 Å². The number of carboxylic acids is 1. The molecular formula is C18H41AlO5Ti. The zero-order chi connectivity index (χ0) is 17.6. The van der Waals surface area contributed by atoms with E-state index < -0.39 is 25.1 Å². The Morgan fingerprint density at radius 3 is 1.16 bits per heavy atom. The molecule has 5 nitrogen and oxygen atoms in total. The predicted octanol–water partition coefficient (Wildman–Crippen LogP) is 4.08. The summed E-state index contributed by atoms with van der Waals surface area (Å²) in [5.41, 5.74) is 0. The summed E-state index contributed by atoms with van der Waals surface area (Å²) in [5, 5.41) is 8.52. The first kappa shape index (κ1) is 32.9. The standard InChI is InChI=1S/C18H36O2.Al.H2O.2O.Ti.3H/c1-2-3-4-5-6-7-8-9-10-11-12-13-14-15-16-17-18(19)20;;;;;;;;/h2-17H2,1H3,(H,19,20);;1H2;;;;;;. The fraction of sp³-hybridized carbons (Fsp3) is 0.944. The second-order valence-corrected chi connectivity index (χ2v) is 6.44. The molecule has 0 unspecified atom stereocenters. The van der Waals surface area contributed by atoms with Gasteiger partial charge in [-0.05, 0) is 6.42 Å². The Labute approximate surface area is 173 Å². The first-order chi connectivity index (χ1) is 11.2. The predicted molar refractivity (Wildman–Crippen MR) is 102 cm³/mol. The Balaban J connectivity index is -0.000000409. The Hall–Kier alpha value is 0.277. The van der Waals surface area contributed by atoms with E-state index in [1.807, 2.05) is 0 Å². The fourth-order valence-corrected chi connectivity index (χ4v) is 2.65. The number of carboxylic acid groups (broad SMARTS) is 1. The van der Waals surface area contributed by atoms with Gasteiger partial charge in [0.1, 0.15) is 0 Å². The SMILES string of the molecule is CCCCCCCCCCCCCCCCCC(=O)O.O.[AlH3].[O]=[Ti]=[O]. The van der Waals surface area contributed by atoms with Crippen LogP contribution in [0.15, 0.2) is 0 Å². The first-order valence-corrected chi connectivity index (χ1v) is 10.7. The van der Waals surface area contributed by atoms with Gasteiger partial charge < -0.3 is 10.6 Å². The van der Waals surface area contributed by atoms with E-state index in [-0.39, 0.29) is 22.8 Å². The van der Waals surface area contributed by atoms with Gasteiger partial charge in [0, 0.05) is 6.42 Å². The second-order valence-electron chi connectivity index (χ2n) is 6.18. The van der Waals surface area contributed by atoms with Crippen LogP contribution < -0.4 is 0 Å². The number of aliphatic carboxylic acids is 1. The van der Waals surface area contributed by atoms with Gasteiger partial charge in [-0.2, -0.15) is 0 Å². The van der Waals surface area contributed by atoms with E-state index in [1.54, 1.807) is 0 Å². The van der Waals surface area contributed by atoms with Crippen LogP contribution in [0.1, 0.15) is 110 Å². The third-order valence-corrected chi connectivity index (χ3v) is 3.99. The van der Waals surface area contributed by atoms with Crippen molar-refractivity contribution in [2.24, 2.45) is 0 Å². The Kier molecular flexibility index (Phi) is 42.1. The van der Waals surface area contributed by atoms with Crippen molar-refractivity contribution in [1.29, 1.82) is 0 Å². The van der Waals surface area contributed by atoms with Gasteiger partial charge in [0.15, 0.2) is 17.4 Å². The van der Waals surface area contributed by atoms with Crippen molar-refractivity contribution < 1.29 is 41.1 Å². The molecule has 0 radical (unpaired) electrons. The molecule has 0 rings (SSSR count). The number of hydrogen-bond donors (Lipinski definition) is 1. The summed E-state index contributed by atoms with van der Waals surface area (Å²) in [4.78, 5) is 10.3. The zero-order valence-corrected chi connectivity index (χ0v) is 17.0. The first-order valence-electron chi connectivity index (χ1n) is 9.40. The molecule has 0 saturated carbocycles. The summed E-state index contributed by atoms with van der Waals surface area (Å²) < 4.78 is 17.0. The molecule has 0 aromatic carbocycles. The Morgan fingerprint density at radius 1 is 0.680 bits per heavy atom. The van der Waals surface area contributed by atoms with Crippen LogP contribution in [0, 0.1) is 0 Å². The van der Waals surface area contributed by atoms with Crippen molar-refractivity contribution in [3.63, 3.8) is 0 Å². The van der Waals surface area contributed by atoms with Crippen molar-refractivity contribution in [1.82, 2.24) is 0 Å². The third-order valence-electron chi connectivity index (χ3n) is 3.99. The van der Waals surface area contributed by atoms with E-state index in [0.29, 0.717) is 6.42 Å². The van der Waals surface area contributed by atoms with Gasteiger partial charge >= 0.3 is 31.7 Å². The Morgan fingerprint density at radius 2 is 0.920 bits per heavy atom. The minimum absolute atomic E-state index is 0. The number of unbranched alkanes of at least 4 members (excludes halogenated alkanes) is 14. The van der Waals surface area contributed by atoms with Crippen molar-refractivity contribution in [3.8, 4) is 0 Å². The molecule has 0 heterocycles. The normalized spacial score (nSPS) is 9.00. The Bertz CT molecular complexity index is 285. The molecule has 0 bridgehead atoms. The van der Waals surface area contributed by atoms with E-state index in [1.165, 1.54) is 83.5 Å². The van der Waals surface area contributed by atoms with Crippen molar-refractivity contribution >= 4 is 23.3 Å².